The summed E-state index contributed by atoms with van der Waals surface area (Å²) in [6.45, 7) is 5.95. The fourth-order valence-electron chi connectivity index (χ4n) is 4.15. The summed E-state index contributed by atoms with van der Waals surface area (Å²) in [5, 5.41) is 22.3. The molecular formula is C21H25Br2N3O2. The van der Waals surface area contributed by atoms with Crippen molar-refractivity contribution in [2.45, 2.75) is 12.6 Å². The number of aliphatic hydroxyl groups excluding tert-OH is 2. The molecule has 7 heteroatoms. The number of halogens is 2. The van der Waals surface area contributed by atoms with Gasteiger partial charge in [-0.1, -0.05) is 31.9 Å². The third kappa shape index (κ3) is 4.30. The number of nitrogens with zero attached hydrogens (tertiary/aromatic N) is 3. The molecule has 0 saturated carbocycles. The molecule has 0 spiro atoms. The monoisotopic (exact) mass is 509 g/mol. The van der Waals surface area contributed by atoms with Gasteiger partial charge in [0.05, 0.1) is 19.3 Å². The summed E-state index contributed by atoms with van der Waals surface area (Å²) in [5.41, 5.74) is 2.28. The second kappa shape index (κ2) is 8.81. The summed E-state index contributed by atoms with van der Waals surface area (Å²) in [6.07, 6.45) is -0.435. The molecule has 1 unspecified atom stereocenters. The normalized spacial score (nSPS) is 17.6. The van der Waals surface area contributed by atoms with Gasteiger partial charge in [0.2, 0.25) is 0 Å². The lowest BCUT2D eigenvalue weighted by molar-refractivity contribution is 0.0601. The van der Waals surface area contributed by atoms with Crippen molar-refractivity contribution in [3.63, 3.8) is 0 Å². The number of hydrogen-bond donors (Lipinski definition) is 2. The van der Waals surface area contributed by atoms with Gasteiger partial charge in [0.15, 0.2) is 0 Å². The largest absolute Gasteiger partial charge is 0.395 e. The third-order valence-electron chi connectivity index (χ3n) is 5.53. The van der Waals surface area contributed by atoms with E-state index < -0.39 is 6.10 Å². The van der Waals surface area contributed by atoms with Crippen molar-refractivity contribution in [1.29, 1.82) is 0 Å². The van der Waals surface area contributed by atoms with Crippen LogP contribution in [0, 0.1) is 0 Å². The zero-order valence-corrected chi connectivity index (χ0v) is 18.9. The van der Waals surface area contributed by atoms with E-state index >= 15 is 0 Å². The number of β-amino-alcohol motifs (C(OH)–C–C–N with tert-alkyl or cyclic N) is 2. The lowest BCUT2D eigenvalue weighted by Crippen LogP contribution is -2.49. The Hall–Kier alpha value is -0.960. The highest BCUT2D eigenvalue weighted by atomic mass is 79.9. The van der Waals surface area contributed by atoms with Crippen molar-refractivity contribution in [1.82, 2.24) is 14.4 Å². The summed E-state index contributed by atoms with van der Waals surface area (Å²) in [5.74, 6) is 0. The second-order valence-electron chi connectivity index (χ2n) is 7.45. The van der Waals surface area contributed by atoms with Gasteiger partial charge in [-0.25, -0.2) is 0 Å². The average Bonchev–Trinajstić information content (AvgIpc) is 2.96. The lowest BCUT2D eigenvalue weighted by Gasteiger charge is -2.35. The lowest BCUT2D eigenvalue weighted by atomic mass is 10.2. The topological polar surface area (TPSA) is 51.9 Å². The van der Waals surface area contributed by atoms with E-state index in [1.807, 2.05) is 0 Å². The molecule has 0 aliphatic carbocycles. The number of fused-ring (bicyclic) bond motifs is 3. The van der Waals surface area contributed by atoms with Crippen LogP contribution < -0.4 is 0 Å². The molecule has 2 N–H and O–H groups in total. The Morgan fingerprint density at radius 3 is 1.89 bits per heavy atom. The standard InChI is InChI=1S/C21H25Br2N3O2/c22-15-1-3-20-18(11-15)19-12-16(23)2-4-21(19)26(20)14-17(28)13-25-7-5-24(6-8-25)9-10-27/h1-4,11-12,17,27-28H,5-10,13-14H2. The fraction of sp³-hybridized carbons (Fsp3) is 0.429. The first kappa shape index (κ1) is 20.3. The van der Waals surface area contributed by atoms with E-state index in [1.54, 1.807) is 0 Å². The maximum atomic E-state index is 10.8. The minimum absolute atomic E-state index is 0.211. The van der Waals surface area contributed by atoms with E-state index in [2.05, 4.69) is 82.6 Å². The summed E-state index contributed by atoms with van der Waals surface area (Å²) in [4.78, 5) is 4.59. The Bertz CT molecular complexity index is 908. The first-order chi connectivity index (χ1) is 13.5. The molecule has 150 valence electrons. The van der Waals surface area contributed by atoms with Gasteiger partial charge in [0, 0.05) is 70.0 Å². The molecule has 4 rings (SSSR count). The van der Waals surface area contributed by atoms with Gasteiger partial charge in [-0.15, -0.1) is 0 Å². The average molecular weight is 511 g/mol. The van der Waals surface area contributed by atoms with Crippen molar-refractivity contribution in [2.24, 2.45) is 0 Å². The molecular weight excluding hydrogens is 486 g/mol. The van der Waals surface area contributed by atoms with Crippen molar-refractivity contribution in [3.05, 3.63) is 45.3 Å². The molecule has 0 radical (unpaired) electrons. The van der Waals surface area contributed by atoms with Crippen molar-refractivity contribution < 1.29 is 10.2 Å². The van der Waals surface area contributed by atoms with Crippen LogP contribution >= 0.6 is 31.9 Å². The number of aliphatic hydroxyl groups is 2. The minimum atomic E-state index is -0.435. The predicted octanol–water partition coefficient (Wildman–Crippen LogP) is 3.29. The first-order valence-electron chi connectivity index (χ1n) is 9.66. The summed E-state index contributed by atoms with van der Waals surface area (Å²) < 4.78 is 4.34. The molecule has 2 aromatic carbocycles. The Labute approximate surface area is 181 Å². The maximum Gasteiger partial charge on any atom is 0.0845 e. The van der Waals surface area contributed by atoms with Gasteiger partial charge in [0.1, 0.15) is 0 Å². The number of rotatable bonds is 6. The molecule has 0 amide bonds. The molecule has 1 fully saturated rings. The zero-order chi connectivity index (χ0) is 19.7. The summed E-state index contributed by atoms with van der Waals surface area (Å²) >= 11 is 7.16. The van der Waals surface area contributed by atoms with Crippen LogP contribution in [-0.4, -0.2) is 76.6 Å². The van der Waals surface area contributed by atoms with Crippen molar-refractivity contribution in [2.75, 3.05) is 45.9 Å². The van der Waals surface area contributed by atoms with Crippen LogP contribution in [0.15, 0.2) is 45.3 Å². The van der Waals surface area contributed by atoms with Gasteiger partial charge < -0.3 is 14.8 Å². The molecule has 0 bridgehead atoms. The van der Waals surface area contributed by atoms with Gasteiger partial charge in [-0.05, 0) is 36.4 Å². The molecule has 28 heavy (non-hydrogen) atoms. The van der Waals surface area contributed by atoms with Gasteiger partial charge in [-0.2, -0.15) is 0 Å². The predicted molar refractivity (Wildman–Crippen MR) is 121 cm³/mol. The van der Waals surface area contributed by atoms with Crippen LogP contribution in [0.1, 0.15) is 0 Å². The van der Waals surface area contributed by atoms with Gasteiger partial charge >= 0.3 is 0 Å². The van der Waals surface area contributed by atoms with Crippen LogP contribution in [0.4, 0.5) is 0 Å². The Morgan fingerprint density at radius 1 is 0.821 bits per heavy atom. The molecule has 1 aliphatic rings. The van der Waals surface area contributed by atoms with E-state index in [-0.39, 0.29) is 6.61 Å². The van der Waals surface area contributed by atoms with Gasteiger partial charge in [-0.3, -0.25) is 9.80 Å². The van der Waals surface area contributed by atoms with E-state index in [0.717, 1.165) is 52.7 Å². The fourth-order valence-corrected chi connectivity index (χ4v) is 4.87. The number of piperazine rings is 1. The van der Waals surface area contributed by atoms with E-state index in [9.17, 15) is 5.11 Å². The number of hydrogen-bond acceptors (Lipinski definition) is 4. The van der Waals surface area contributed by atoms with Crippen molar-refractivity contribution in [3.8, 4) is 0 Å². The van der Waals surface area contributed by atoms with Crippen LogP contribution in [-0.2, 0) is 6.54 Å². The molecule has 1 aromatic heterocycles. The smallest absolute Gasteiger partial charge is 0.0845 e. The molecule has 1 atom stereocenters. The van der Waals surface area contributed by atoms with E-state index in [0.29, 0.717) is 13.1 Å². The number of aromatic nitrogens is 1. The van der Waals surface area contributed by atoms with Gasteiger partial charge in [0.25, 0.3) is 0 Å². The highest BCUT2D eigenvalue weighted by molar-refractivity contribution is 9.10. The highest BCUT2D eigenvalue weighted by Gasteiger charge is 2.20. The molecule has 1 saturated heterocycles. The number of benzene rings is 2. The van der Waals surface area contributed by atoms with Crippen molar-refractivity contribution >= 4 is 53.7 Å². The molecule has 5 nitrogen and oxygen atoms in total. The summed E-state index contributed by atoms with van der Waals surface area (Å²) in [6, 6.07) is 12.6. The molecule has 1 aliphatic heterocycles. The van der Waals surface area contributed by atoms with Crippen LogP contribution in [0.5, 0.6) is 0 Å². The maximum absolute atomic E-state index is 10.8. The minimum Gasteiger partial charge on any atom is -0.395 e. The second-order valence-corrected chi connectivity index (χ2v) is 9.28. The molecule has 2 heterocycles. The SMILES string of the molecule is OCCN1CCN(CC(O)Cn2c3ccc(Br)cc3c3cc(Br)ccc32)CC1. The van der Waals surface area contributed by atoms with Crippen LogP contribution in [0.3, 0.4) is 0 Å². The highest BCUT2D eigenvalue weighted by Crippen LogP contribution is 2.33. The Kier molecular flexibility index (Phi) is 6.40. The third-order valence-corrected chi connectivity index (χ3v) is 6.52. The van der Waals surface area contributed by atoms with Crippen LogP contribution in [0.2, 0.25) is 0 Å². The quantitative estimate of drug-likeness (QED) is 0.534. The summed E-state index contributed by atoms with van der Waals surface area (Å²) in [7, 11) is 0. The molecule has 3 aromatic rings. The Morgan fingerprint density at radius 2 is 1.36 bits per heavy atom. The van der Waals surface area contributed by atoms with E-state index in [1.165, 1.54) is 10.8 Å². The Balaban J connectivity index is 1.54. The zero-order valence-electron chi connectivity index (χ0n) is 15.7. The first-order valence-corrected chi connectivity index (χ1v) is 11.2. The van der Waals surface area contributed by atoms with Crippen LogP contribution in [0.25, 0.3) is 21.8 Å². The van der Waals surface area contributed by atoms with E-state index in [4.69, 9.17) is 5.11 Å².